The molecule has 2 aromatic rings. The van der Waals surface area contributed by atoms with Gasteiger partial charge in [0.2, 0.25) is 11.9 Å². The number of hydrogen-bond donors (Lipinski definition) is 3. The molecule has 0 aliphatic rings. The molecule has 0 radical (unpaired) electrons. The molecule has 0 bridgehead atoms. The average Bonchev–Trinajstić information content (AvgIpc) is 2.45. The highest BCUT2D eigenvalue weighted by Gasteiger charge is 2.08. The van der Waals surface area contributed by atoms with Crippen LogP contribution in [-0.2, 0) is 6.54 Å². The van der Waals surface area contributed by atoms with Crippen molar-refractivity contribution in [3.05, 3.63) is 34.9 Å². The molecule has 0 unspecified atom stereocenters. The molecular formula is C13H17ClN6O. The molecule has 1 aromatic carbocycles. The normalized spacial score (nSPS) is 10.5. The van der Waals surface area contributed by atoms with Crippen LogP contribution in [-0.4, -0.2) is 21.1 Å². The molecule has 0 saturated heterocycles. The van der Waals surface area contributed by atoms with Crippen LogP contribution < -0.4 is 21.3 Å². The fourth-order valence-corrected chi connectivity index (χ4v) is 1.67. The van der Waals surface area contributed by atoms with Crippen LogP contribution in [0.3, 0.4) is 0 Å². The summed E-state index contributed by atoms with van der Waals surface area (Å²) in [6, 6.07) is 7.71. The maximum absolute atomic E-state index is 5.85. The van der Waals surface area contributed by atoms with Gasteiger partial charge in [-0.3, -0.25) is 5.43 Å². The van der Waals surface area contributed by atoms with Crippen LogP contribution in [0.2, 0.25) is 5.02 Å². The Bertz CT molecular complexity index is 590. The van der Waals surface area contributed by atoms with Crippen LogP contribution in [0, 0.1) is 0 Å². The SMILES string of the molecule is CC(C)Oc1nc(NN)nc(NCc2ccc(Cl)cc2)n1. The number of anilines is 2. The topological polar surface area (TPSA) is 98.0 Å². The van der Waals surface area contributed by atoms with E-state index in [0.717, 1.165) is 5.56 Å². The lowest BCUT2D eigenvalue weighted by molar-refractivity contribution is 0.222. The molecule has 7 nitrogen and oxygen atoms in total. The number of nitrogens with one attached hydrogen (secondary N) is 2. The number of hydrogen-bond acceptors (Lipinski definition) is 7. The lowest BCUT2D eigenvalue weighted by Gasteiger charge is -2.11. The first kappa shape index (κ1) is 15.3. The van der Waals surface area contributed by atoms with Crippen LogP contribution >= 0.6 is 11.6 Å². The van der Waals surface area contributed by atoms with Gasteiger partial charge in [-0.05, 0) is 31.5 Å². The maximum atomic E-state index is 5.85. The summed E-state index contributed by atoms with van der Waals surface area (Å²) in [4.78, 5) is 12.3. The lowest BCUT2D eigenvalue weighted by Crippen LogP contribution is -2.16. The highest BCUT2D eigenvalue weighted by atomic mass is 35.5. The monoisotopic (exact) mass is 308 g/mol. The van der Waals surface area contributed by atoms with Crippen molar-refractivity contribution in [2.75, 3.05) is 10.7 Å². The van der Waals surface area contributed by atoms with E-state index in [4.69, 9.17) is 22.2 Å². The van der Waals surface area contributed by atoms with Crippen molar-refractivity contribution in [2.45, 2.75) is 26.5 Å². The number of ether oxygens (including phenoxy) is 1. The first-order valence-electron chi connectivity index (χ1n) is 6.44. The molecule has 8 heteroatoms. The predicted molar refractivity (Wildman–Crippen MR) is 82.2 cm³/mol. The second kappa shape index (κ2) is 7.05. The van der Waals surface area contributed by atoms with E-state index in [1.165, 1.54) is 0 Å². The third-order valence-electron chi connectivity index (χ3n) is 2.45. The maximum Gasteiger partial charge on any atom is 0.323 e. The van der Waals surface area contributed by atoms with E-state index in [2.05, 4.69) is 25.7 Å². The molecule has 1 aromatic heterocycles. The fourth-order valence-electron chi connectivity index (χ4n) is 1.55. The lowest BCUT2D eigenvalue weighted by atomic mass is 10.2. The molecule has 0 atom stereocenters. The smallest absolute Gasteiger partial charge is 0.323 e. The van der Waals surface area contributed by atoms with Crippen LogP contribution in [0.25, 0.3) is 0 Å². The zero-order valence-electron chi connectivity index (χ0n) is 11.8. The third kappa shape index (κ3) is 4.73. The van der Waals surface area contributed by atoms with Gasteiger partial charge in [-0.1, -0.05) is 23.7 Å². The molecule has 0 amide bonds. The Morgan fingerprint density at radius 1 is 1.14 bits per heavy atom. The summed E-state index contributed by atoms with van der Waals surface area (Å²) in [6.45, 7) is 4.33. The number of halogens is 1. The van der Waals surface area contributed by atoms with Gasteiger partial charge in [0.25, 0.3) is 0 Å². The van der Waals surface area contributed by atoms with E-state index in [1.54, 1.807) is 0 Å². The summed E-state index contributed by atoms with van der Waals surface area (Å²) >= 11 is 5.85. The fraction of sp³-hybridized carbons (Fsp3) is 0.308. The Hall–Kier alpha value is -2.12. The van der Waals surface area contributed by atoms with Crippen molar-refractivity contribution in [2.24, 2.45) is 5.84 Å². The van der Waals surface area contributed by atoms with Gasteiger partial charge in [0.05, 0.1) is 6.10 Å². The Morgan fingerprint density at radius 3 is 2.43 bits per heavy atom. The van der Waals surface area contributed by atoms with Gasteiger partial charge in [-0.15, -0.1) is 0 Å². The van der Waals surface area contributed by atoms with Crippen LogP contribution in [0.5, 0.6) is 6.01 Å². The molecule has 0 saturated carbocycles. The molecule has 2 rings (SSSR count). The highest BCUT2D eigenvalue weighted by molar-refractivity contribution is 6.30. The molecule has 0 aliphatic heterocycles. The zero-order valence-corrected chi connectivity index (χ0v) is 12.6. The van der Waals surface area contributed by atoms with Crippen LogP contribution in [0.1, 0.15) is 19.4 Å². The van der Waals surface area contributed by atoms with Crippen LogP contribution in [0.15, 0.2) is 24.3 Å². The molecule has 21 heavy (non-hydrogen) atoms. The van der Waals surface area contributed by atoms with Crippen molar-refractivity contribution in [3.8, 4) is 6.01 Å². The zero-order chi connectivity index (χ0) is 15.2. The minimum atomic E-state index is -0.0397. The Morgan fingerprint density at radius 2 is 1.81 bits per heavy atom. The molecule has 0 fully saturated rings. The van der Waals surface area contributed by atoms with Gasteiger partial charge in [-0.2, -0.15) is 15.0 Å². The van der Waals surface area contributed by atoms with E-state index in [1.807, 2.05) is 38.1 Å². The molecule has 0 aliphatic carbocycles. The second-order valence-corrected chi connectivity index (χ2v) is 4.99. The van der Waals surface area contributed by atoms with E-state index in [0.29, 0.717) is 17.5 Å². The van der Waals surface area contributed by atoms with Crippen molar-refractivity contribution in [1.29, 1.82) is 0 Å². The molecule has 1 heterocycles. The minimum absolute atomic E-state index is 0.0397. The predicted octanol–water partition coefficient (Wildman–Crippen LogP) is 2.21. The van der Waals surface area contributed by atoms with Crippen molar-refractivity contribution in [1.82, 2.24) is 15.0 Å². The summed E-state index contributed by atoms with van der Waals surface area (Å²) < 4.78 is 5.45. The first-order valence-corrected chi connectivity index (χ1v) is 6.82. The summed E-state index contributed by atoms with van der Waals surface area (Å²) in [6.07, 6.45) is -0.0397. The number of rotatable bonds is 6. The first-order chi connectivity index (χ1) is 10.1. The minimum Gasteiger partial charge on any atom is -0.461 e. The Labute approximate surface area is 127 Å². The van der Waals surface area contributed by atoms with Crippen molar-refractivity contribution < 1.29 is 4.74 Å². The Kier molecular flexibility index (Phi) is 5.13. The van der Waals surface area contributed by atoms with Gasteiger partial charge < -0.3 is 10.1 Å². The average molecular weight is 309 g/mol. The number of aromatic nitrogens is 3. The van der Waals surface area contributed by atoms with E-state index in [9.17, 15) is 0 Å². The summed E-state index contributed by atoms with van der Waals surface area (Å²) in [5.41, 5.74) is 3.44. The second-order valence-electron chi connectivity index (χ2n) is 4.56. The van der Waals surface area contributed by atoms with E-state index < -0.39 is 0 Å². The quantitative estimate of drug-likeness (QED) is 0.556. The van der Waals surface area contributed by atoms with Crippen LogP contribution in [0.4, 0.5) is 11.9 Å². The van der Waals surface area contributed by atoms with Crippen molar-refractivity contribution in [3.63, 3.8) is 0 Å². The number of benzene rings is 1. The molecule has 0 spiro atoms. The van der Waals surface area contributed by atoms with Gasteiger partial charge >= 0.3 is 6.01 Å². The molecule has 112 valence electrons. The van der Waals surface area contributed by atoms with Gasteiger partial charge in [-0.25, -0.2) is 5.84 Å². The standard InChI is InChI=1S/C13H17ClN6O/c1-8(2)21-13-18-11(17-12(19-13)20-15)16-7-9-3-5-10(14)6-4-9/h3-6,8H,7,15H2,1-2H3,(H2,16,17,18,19,20). The van der Waals surface area contributed by atoms with E-state index >= 15 is 0 Å². The van der Waals surface area contributed by atoms with Crippen molar-refractivity contribution >= 4 is 23.5 Å². The number of nitrogens with zero attached hydrogens (tertiary/aromatic N) is 3. The summed E-state index contributed by atoms with van der Waals surface area (Å²) in [7, 11) is 0. The number of nitrogens with two attached hydrogens (primary N) is 1. The number of hydrazine groups is 1. The summed E-state index contributed by atoms with van der Waals surface area (Å²) in [5, 5.41) is 3.78. The molecular weight excluding hydrogens is 292 g/mol. The third-order valence-corrected chi connectivity index (χ3v) is 2.70. The van der Waals surface area contributed by atoms with Gasteiger partial charge in [0.1, 0.15) is 0 Å². The Balaban J connectivity index is 2.09. The van der Waals surface area contributed by atoms with Gasteiger partial charge in [0, 0.05) is 11.6 Å². The number of nitrogen functional groups attached to an aromatic ring is 1. The largest absolute Gasteiger partial charge is 0.461 e. The summed E-state index contributed by atoms with van der Waals surface area (Å²) in [5.74, 6) is 5.96. The van der Waals surface area contributed by atoms with Gasteiger partial charge in [0.15, 0.2) is 0 Å². The van der Waals surface area contributed by atoms with E-state index in [-0.39, 0.29) is 18.1 Å². The molecule has 4 N–H and O–H groups in total. The highest BCUT2D eigenvalue weighted by Crippen LogP contribution is 2.14.